The Morgan fingerprint density at radius 1 is 0.824 bits per heavy atom. The lowest BCUT2D eigenvalue weighted by molar-refractivity contribution is -0.137. The number of halogens is 4. The molecule has 8 nitrogen and oxygen atoms in total. The van der Waals surface area contributed by atoms with Crippen LogP contribution in [0.1, 0.15) is 28.4 Å². The molecule has 12 heteroatoms. The average molecular weight is 542 g/mol. The number of nitrogens with one attached hydrogen (secondary N) is 3. The number of benzene rings is 2. The van der Waals surface area contributed by atoms with Crippen molar-refractivity contribution in [3.8, 4) is 0 Å². The SMILES string of the molecule is O=C(O)CC(NC(=O)Nc1ccc(Cl)c(Cl)c1)c1ccc(NC(=O)c2c(Cl)cncc2Cl)cc1. The predicted molar refractivity (Wildman–Crippen MR) is 132 cm³/mol. The minimum absolute atomic E-state index is 0.0757. The van der Waals surface area contributed by atoms with Gasteiger partial charge in [0.15, 0.2) is 0 Å². The van der Waals surface area contributed by atoms with E-state index in [0.29, 0.717) is 22.0 Å². The zero-order valence-electron chi connectivity index (χ0n) is 17.1. The number of anilines is 2. The Kier molecular flexibility index (Phi) is 8.57. The highest BCUT2D eigenvalue weighted by Gasteiger charge is 2.19. The van der Waals surface area contributed by atoms with Crippen molar-refractivity contribution in [3.05, 3.63) is 86.1 Å². The van der Waals surface area contributed by atoms with Gasteiger partial charge in [-0.05, 0) is 35.9 Å². The molecule has 3 rings (SSSR count). The van der Waals surface area contributed by atoms with Crippen molar-refractivity contribution in [1.82, 2.24) is 10.3 Å². The van der Waals surface area contributed by atoms with E-state index in [0.717, 1.165) is 0 Å². The molecule has 0 saturated carbocycles. The van der Waals surface area contributed by atoms with E-state index in [1.165, 1.54) is 24.5 Å². The van der Waals surface area contributed by atoms with E-state index in [1.807, 2.05) is 0 Å². The lowest BCUT2D eigenvalue weighted by Gasteiger charge is -2.18. The summed E-state index contributed by atoms with van der Waals surface area (Å²) in [6, 6.07) is 9.34. The number of aromatic nitrogens is 1. The van der Waals surface area contributed by atoms with Crippen LogP contribution in [-0.2, 0) is 4.79 Å². The number of urea groups is 1. The van der Waals surface area contributed by atoms with Gasteiger partial charge in [0.05, 0.1) is 38.1 Å². The van der Waals surface area contributed by atoms with Gasteiger partial charge in [0.25, 0.3) is 5.91 Å². The summed E-state index contributed by atoms with van der Waals surface area (Å²) in [6.45, 7) is 0. The van der Waals surface area contributed by atoms with Gasteiger partial charge in [-0.2, -0.15) is 0 Å². The molecular weight excluding hydrogens is 526 g/mol. The summed E-state index contributed by atoms with van der Waals surface area (Å²) in [7, 11) is 0. The molecule has 1 aromatic heterocycles. The van der Waals surface area contributed by atoms with Crippen molar-refractivity contribution in [2.75, 3.05) is 10.6 Å². The lowest BCUT2D eigenvalue weighted by Crippen LogP contribution is -2.33. The smallest absolute Gasteiger partial charge is 0.319 e. The Labute approximate surface area is 214 Å². The van der Waals surface area contributed by atoms with E-state index in [1.54, 1.807) is 30.3 Å². The van der Waals surface area contributed by atoms with Crippen LogP contribution in [0.4, 0.5) is 16.2 Å². The summed E-state index contributed by atoms with van der Waals surface area (Å²) < 4.78 is 0. The first-order chi connectivity index (χ1) is 16.1. The van der Waals surface area contributed by atoms with Gasteiger partial charge in [0.2, 0.25) is 0 Å². The third kappa shape index (κ3) is 6.74. The van der Waals surface area contributed by atoms with Crippen molar-refractivity contribution < 1.29 is 19.5 Å². The van der Waals surface area contributed by atoms with E-state index in [9.17, 15) is 19.5 Å². The van der Waals surface area contributed by atoms with Crippen LogP contribution < -0.4 is 16.0 Å². The molecule has 1 heterocycles. The average Bonchev–Trinajstić information content (AvgIpc) is 2.76. The fourth-order valence-electron chi connectivity index (χ4n) is 2.95. The molecule has 3 aromatic rings. The van der Waals surface area contributed by atoms with Crippen LogP contribution in [-0.4, -0.2) is 28.0 Å². The maximum atomic E-state index is 12.5. The molecule has 1 atom stereocenters. The molecule has 3 amide bonds. The van der Waals surface area contributed by atoms with Gasteiger partial charge in [-0.1, -0.05) is 58.5 Å². The molecule has 1 unspecified atom stereocenters. The molecular formula is C22H16Cl4N4O4. The predicted octanol–water partition coefficient (Wildman–Crippen LogP) is 6.29. The first kappa shape index (κ1) is 25.6. The molecule has 0 fully saturated rings. The highest BCUT2D eigenvalue weighted by atomic mass is 35.5. The number of hydrogen-bond acceptors (Lipinski definition) is 4. The normalized spacial score (nSPS) is 11.4. The fourth-order valence-corrected chi connectivity index (χ4v) is 3.78. The summed E-state index contributed by atoms with van der Waals surface area (Å²) in [5.41, 5.74) is 1.37. The molecule has 0 spiro atoms. The summed E-state index contributed by atoms with van der Waals surface area (Å²) in [6.07, 6.45) is 2.23. The number of amides is 3. The van der Waals surface area contributed by atoms with Crippen molar-refractivity contribution in [2.45, 2.75) is 12.5 Å². The molecule has 0 aliphatic carbocycles. The summed E-state index contributed by atoms with van der Waals surface area (Å²) in [5, 5.41) is 17.9. The van der Waals surface area contributed by atoms with Gasteiger partial charge in [0.1, 0.15) is 0 Å². The number of pyridine rings is 1. The second-order valence-corrected chi connectivity index (χ2v) is 8.56. The molecule has 34 heavy (non-hydrogen) atoms. The number of carbonyl (C=O) groups excluding carboxylic acids is 2. The second-order valence-electron chi connectivity index (χ2n) is 6.93. The Hall–Kier alpha value is -3.04. The Balaban J connectivity index is 1.71. The van der Waals surface area contributed by atoms with Gasteiger partial charge in [0, 0.05) is 23.8 Å². The van der Waals surface area contributed by atoms with Crippen LogP contribution in [0.2, 0.25) is 20.1 Å². The van der Waals surface area contributed by atoms with Crippen molar-refractivity contribution in [2.24, 2.45) is 0 Å². The van der Waals surface area contributed by atoms with Gasteiger partial charge >= 0.3 is 12.0 Å². The van der Waals surface area contributed by atoms with Gasteiger partial charge in [-0.15, -0.1) is 0 Å². The maximum absolute atomic E-state index is 12.5. The van der Waals surface area contributed by atoms with Crippen LogP contribution in [0, 0.1) is 0 Å². The molecule has 0 bridgehead atoms. The standard InChI is InChI=1S/C22H16Cl4N4O4/c23-14-6-5-13(7-15(14)24)29-22(34)30-18(8-19(31)32)11-1-3-12(4-2-11)28-21(33)20-16(25)9-27-10-17(20)26/h1-7,9-10,18H,8H2,(H,28,33)(H,31,32)(H2,29,30,34). The molecule has 0 aliphatic heterocycles. The van der Waals surface area contributed by atoms with E-state index in [2.05, 4.69) is 20.9 Å². The number of carboxylic acid groups (broad SMARTS) is 1. The fraction of sp³-hybridized carbons (Fsp3) is 0.0909. The number of carbonyl (C=O) groups is 3. The quantitative estimate of drug-likeness (QED) is 0.280. The second kappa shape index (κ2) is 11.4. The summed E-state index contributed by atoms with van der Waals surface area (Å²) in [4.78, 5) is 40.1. The molecule has 0 aliphatic rings. The number of hydrogen-bond donors (Lipinski definition) is 4. The van der Waals surface area contributed by atoms with Crippen molar-refractivity contribution in [3.63, 3.8) is 0 Å². The van der Waals surface area contributed by atoms with Crippen LogP contribution in [0.15, 0.2) is 54.9 Å². The minimum atomic E-state index is -1.11. The third-order valence-electron chi connectivity index (χ3n) is 4.51. The first-order valence-corrected chi connectivity index (χ1v) is 11.1. The van der Waals surface area contributed by atoms with E-state index >= 15 is 0 Å². The van der Waals surface area contributed by atoms with Gasteiger partial charge in [-0.25, -0.2) is 4.79 Å². The summed E-state index contributed by atoms with van der Waals surface area (Å²) >= 11 is 23.8. The zero-order valence-corrected chi connectivity index (χ0v) is 20.1. The molecule has 176 valence electrons. The topological polar surface area (TPSA) is 120 Å². The number of carboxylic acids is 1. The van der Waals surface area contributed by atoms with Gasteiger partial charge < -0.3 is 21.1 Å². The van der Waals surface area contributed by atoms with Crippen molar-refractivity contribution in [1.29, 1.82) is 0 Å². The molecule has 0 saturated heterocycles. The maximum Gasteiger partial charge on any atom is 0.319 e. The molecule has 0 radical (unpaired) electrons. The number of rotatable bonds is 7. The highest BCUT2D eigenvalue weighted by Crippen LogP contribution is 2.26. The van der Waals surface area contributed by atoms with E-state index in [-0.39, 0.29) is 27.1 Å². The Morgan fingerprint density at radius 2 is 1.44 bits per heavy atom. The molecule has 4 N–H and O–H groups in total. The largest absolute Gasteiger partial charge is 0.481 e. The monoisotopic (exact) mass is 540 g/mol. The van der Waals surface area contributed by atoms with E-state index < -0.39 is 23.9 Å². The first-order valence-electron chi connectivity index (χ1n) is 9.58. The van der Waals surface area contributed by atoms with Crippen molar-refractivity contribution >= 4 is 75.7 Å². The molecule has 2 aromatic carbocycles. The van der Waals surface area contributed by atoms with Crippen LogP contribution in [0.3, 0.4) is 0 Å². The number of nitrogens with zero attached hydrogens (tertiary/aromatic N) is 1. The lowest BCUT2D eigenvalue weighted by atomic mass is 10.0. The highest BCUT2D eigenvalue weighted by molar-refractivity contribution is 6.42. The van der Waals surface area contributed by atoms with E-state index in [4.69, 9.17) is 46.4 Å². The van der Waals surface area contributed by atoms with Crippen LogP contribution in [0.25, 0.3) is 0 Å². The van der Waals surface area contributed by atoms with Gasteiger partial charge in [-0.3, -0.25) is 14.6 Å². The number of aliphatic carboxylic acids is 1. The van der Waals surface area contributed by atoms with Crippen LogP contribution in [0.5, 0.6) is 0 Å². The Bertz CT molecular complexity index is 1220. The minimum Gasteiger partial charge on any atom is -0.481 e. The third-order valence-corrected chi connectivity index (χ3v) is 5.83. The summed E-state index contributed by atoms with van der Waals surface area (Å²) in [5.74, 6) is -1.65. The van der Waals surface area contributed by atoms with Crippen LogP contribution >= 0.6 is 46.4 Å². The Morgan fingerprint density at radius 3 is 2.03 bits per heavy atom. The zero-order chi connectivity index (χ0) is 24.8.